The van der Waals surface area contributed by atoms with Crippen LogP contribution >= 0.6 is 0 Å². The Bertz CT molecular complexity index is 75.5. The summed E-state index contributed by atoms with van der Waals surface area (Å²) in [5, 5.41) is 17.8. The average Bonchev–Trinajstić information content (AvgIpc) is 1.25. The number of carboxylic acid groups (broad SMARTS) is 2. The summed E-state index contributed by atoms with van der Waals surface area (Å²) in [5.74, 6) is -2.17. The van der Waals surface area contributed by atoms with Crippen LogP contribution in [0.3, 0.4) is 0 Å². The van der Waals surface area contributed by atoms with Gasteiger partial charge in [0.15, 0.2) is 0 Å². The first kappa shape index (κ1) is 40.0. The smallest absolute Gasteiger partial charge is 0.550 e. The summed E-state index contributed by atoms with van der Waals surface area (Å²) < 4.78 is 0. The number of carbonyl (C=O) groups excluding carboxylic acids is 2. The van der Waals surface area contributed by atoms with Crippen LogP contribution in [0.15, 0.2) is 0 Å². The average molecular weight is 285 g/mol. The third-order valence-electron chi connectivity index (χ3n) is 0. The fraction of sp³-hybridized carbons (Fsp3) is 0.500. The van der Waals surface area contributed by atoms with E-state index in [1.165, 1.54) is 0 Å². The molecule has 0 aromatic carbocycles. The Balaban J connectivity index is -0.0000000112. The molecule has 0 saturated carbocycles. The van der Waals surface area contributed by atoms with Crippen molar-refractivity contribution in [1.29, 1.82) is 0 Å². The maximum atomic E-state index is 8.89. The maximum absolute atomic E-state index is 8.89. The normalized spacial score (nSPS) is 4.17. The molecular formula is C4H10O6Zn2+2. The number of carbonyl (C=O) groups is 2. The number of rotatable bonds is 0. The molecule has 0 aromatic rings. The minimum atomic E-state index is -1.08. The molecule has 12 heavy (non-hydrogen) atoms. The Morgan fingerprint density at radius 2 is 0.833 bits per heavy atom. The van der Waals surface area contributed by atoms with Crippen molar-refractivity contribution >= 4 is 11.9 Å². The van der Waals surface area contributed by atoms with Crippen LogP contribution in [0.4, 0.5) is 0 Å². The first-order valence-corrected chi connectivity index (χ1v) is 1.82. The second kappa shape index (κ2) is 30.4. The van der Waals surface area contributed by atoms with E-state index in [4.69, 9.17) is 19.8 Å². The third-order valence-corrected chi connectivity index (χ3v) is 0. The molecule has 0 aromatic heterocycles. The summed E-state index contributed by atoms with van der Waals surface area (Å²) in [6, 6.07) is 0. The van der Waals surface area contributed by atoms with E-state index < -0.39 is 11.9 Å². The SMILES string of the molecule is CC(=O)[O-].CC(=O)[O-].O.O.[Zn+2].[Zn+2]. The van der Waals surface area contributed by atoms with E-state index in [-0.39, 0.29) is 49.9 Å². The Labute approximate surface area is 95.5 Å². The number of hydrogen-bond donors (Lipinski definition) is 0. The van der Waals surface area contributed by atoms with Crippen LogP contribution < -0.4 is 10.2 Å². The molecule has 0 aliphatic rings. The van der Waals surface area contributed by atoms with Crippen LogP contribution in [0.25, 0.3) is 0 Å². The van der Waals surface area contributed by atoms with Crippen molar-refractivity contribution < 1.29 is 69.7 Å². The van der Waals surface area contributed by atoms with Gasteiger partial charge in [-0.3, -0.25) is 0 Å². The van der Waals surface area contributed by atoms with E-state index in [0.717, 1.165) is 13.8 Å². The van der Waals surface area contributed by atoms with Gasteiger partial charge < -0.3 is 30.8 Å². The van der Waals surface area contributed by atoms with Crippen molar-refractivity contribution in [2.24, 2.45) is 0 Å². The van der Waals surface area contributed by atoms with E-state index in [9.17, 15) is 0 Å². The predicted octanol–water partition coefficient (Wildman–Crippen LogP) is -4.14. The number of aliphatic carboxylic acids is 2. The van der Waals surface area contributed by atoms with Crippen molar-refractivity contribution in [3.8, 4) is 0 Å². The topological polar surface area (TPSA) is 143 Å². The molecule has 8 heteroatoms. The molecule has 0 amide bonds. The van der Waals surface area contributed by atoms with Crippen molar-refractivity contribution in [3.63, 3.8) is 0 Å². The van der Waals surface area contributed by atoms with Gasteiger partial charge in [-0.15, -0.1) is 0 Å². The van der Waals surface area contributed by atoms with Gasteiger partial charge in [-0.1, -0.05) is 0 Å². The molecule has 0 saturated heterocycles. The minimum Gasteiger partial charge on any atom is -0.550 e. The quantitative estimate of drug-likeness (QED) is 0.416. The Morgan fingerprint density at radius 3 is 0.833 bits per heavy atom. The predicted molar refractivity (Wildman–Crippen MR) is 28.6 cm³/mol. The molecular weight excluding hydrogens is 275 g/mol. The zero-order valence-corrected chi connectivity index (χ0v) is 13.0. The van der Waals surface area contributed by atoms with Crippen molar-refractivity contribution in [1.82, 2.24) is 0 Å². The van der Waals surface area contributed by atoms with Gasteiger partial charge in [-0.05, 0) is 13.8 Å². The first-order valence-electron chi connectivity index (χ1n) is 1.82. The largest absolute Gasteiger partial charge is 2.00 e. The monoisotopic (exact) mass is 282 g/mol. The fourth-order valence-electron chi connectivity index (χ4n) is 0. The van der Waals surface area contributed by atoms with E-state index in [1.807, 2.05) is 0 Å². The van der Waals surface area contributed by atoms with Crippen molar-refractivity contribution in [2.45, 2.75) is 13.8 Å². The summed E-state index contributed by atoms with van der Waals surface area (Å²) in [5.41, 5.74) is 0. The molecule has 0 atom stereocenters. The molecule has 0 rings (SSSR count). The van der Waals surface area contributed by atoms with Crippen molar-refractivity contribution in [2.75, 3.05) is 0 Å². The Kier molecular flexibility index (Phi) is 102. The van der Waals surface area contributed by atoms with Gasteiger partial charge in [0.05, 0.1) is 0 Å². The van der Waals surface area contributed by atoms with Crippen LogP contribution in [0, 0.1) is 0 Å². The first-order chi connectivity index (χ1) is 3.46. The van der Waals surface area contributed by atoms with Crippen LogP contribution in [0.2, 0.25) is 0 Å². The van der Waals surface area contributed by atoms with Crippen LogP contribution in [-0.4, -0.2) is 22.9 Å². The second-order valence-electron chi connectivity index (χ2n) is 0.983. The maximum Gasteiger partial charge on any atom is 2.00 e. The summed E-state index contributed by atoms with van der Waals surface area (Å²) in [6.45, 7) is 1.94. The van der Waals surface area contributed by atoms with Gasteiger partial charge in [-0.2, -0.15) is 0 Å². The standard InChI is InChI=1S/2C2H4O2.2H2O.2Zn/c2*1-2(3)4;;;;/h2*1H3,(H,3,4);2*1H2;;/q;;;;2*+2/p-2. The van der Waals surface area contributed by atoms with Crippen molar-refractivity contribution in [3.05, 3.63) is 0 Å². The molecule has 0 heterocycles. The van der Waals surface area contributed by atoms with Gasteiger partial charge in [0.2, 0.25) is 0 Å². The van der Waals surface area contributed by atoms with Gasteiger partial charge in [0.25, 0.3) is 0 Å². The number of carboxylic acids is 2. The van der Waals surface area contributed by atoms with Gasteiger partial charge in [0.1, 0.15) is 0 Å². The fourth-order valence-corrected chi connectivity index (χ4v) is 0. The van der Waals surface area contributed by atoms with Gasteiger partial charge in [0, 0.05) is 11.9 Å². The zero-order chi connectivity index (χ0) is 7.15. The Hall–Kier alpha value is 0.107. The molecule has 0 aliphatic heterocycles. The van der Waals surface area contributed by atoms with E-state index >= 15 is 0 Å². The van der Waals surface area contributed by atoms with E-state index in [2.05, 4.69) is 0 Å². The minimum absolute atomic E-state index is 0. The zero-order valence-electron chi connectivity index (χ0n) is 7.05. The summed E-state index contributed by atoms with van der Waals surface area (Å²) in [4.78, 5) is 17.8. The van der Waals surface area contributed by atoms with E-state index in [0.29, 0.717) is 0 Å². The molecule has 0 unspecified atom stereocenters. The Morgan fingerprint density at radius 1 is 0.833 bits per heavy atom. The molecule has 64 valence electrons. The summed E-state index contributed by atoms with van der Waals surface area (Å²) in [6.07, 6.45) is 0. The molecule has 0 aliphatic carbocycles. The third kappa shape index (κ3) is 73500. The number of hydrogen-bond acceptors (Lipinski definition) is 4. The van der Waals surface area contributed by atoms with Crippen LogP contribution in [0.5, 0.6) is 0 Å². The molecule has 6 nitrogen and oxygen atoms in total. The van der Waals surface area contributed by atoms with Crippen LogP contribution in [-0.2, 0) is 48.5 Å². The van der Waals surface area contributed by atoms with E-state index in [1.54, 1.807) is 0 Å². The van der Waals surface area contributed by atoms with Crippen LogP contribution in [0.1, 0.15) is 13.8 Å². The summed E-state index contributed by atoms with van der Waals surface area (Å²) in [7, 11) is 0. The molecule has 0 fully saturated rings. The molecule has 0 spiro atoms. The molecule has 0 bridgehead atoms. The van der Waals surface area contributed by atoms with Gasteiger partial charge >= 0.3 is 39.0 Å². The second-order valence-corrected chi connectivity index (χ2v) is 0.983. The molecule has 4 N–H and O–H groups in total. The molecule has 0 radical (unpaired) electrons. The summed E-state index contributed by atoms with van der Waals surface area (Å²) >= 11 is 0. The van der Waals surface area contributed by atoms with Gasteiger partial charge in [-0.25, -0.2) is 0 Å².